The Morgan fingerprint density at radius 1 is 1.00 bits per heavy atom. The average molecular weight is 312 g/mol. The molecule has 0 aliphatic carbocycles. The van der Waals surface area contributed by atoms with E-state index in [9.17, 15) is 17.6 Å². The summed E-state index contributed by atoms with van der Waals surface area (Å²) in [6, 6.07) is 10.9. The third-order valence-corrected chi connectivity index (χ3v) is 2.50. The quantitative estimate of drug-likeness (QED) is 0.472. The first-order valence-electron chi connectivity index (χ1n) is 6.11. The van der Waals surface area contributed by atoms with Gasteiger partial charge in [-0.3, -0.25) is 0 Å². The van der Waals surface area contributed by atoms with E-state index >= 15 is 0 Å². The standard InChI is InChI=1S/C15H10F4NO2/c16-13-7-5-11(6-8-13)9-20-21-10-12-3-1-2-4-14(12)22-15(17,18)19/h1-8H,10H2. The predicted molar refractivity (Wildman–Crippen MR) is 70.9 cm³/mol. The van der Waals surface area contributed by atoms with Gasteiger partial charge in [0.05, 0.1) is 0 Å². The Hall–Kier alpha value is -2.57. The molecule has 0 aliphatic heterocycles. The number of hydrogen-bond donors (Lipinski definition) is 0. The van der Waals surface area contributed by atoms with E-state index in [1.165, 1.54) is 42.5 Å². The number of halogens is 4. The molecule has 0 spiro atoms. The lowest BCUT2D eigenvalue weighted by molar-refractivity contribution is -0.275. The highest BCUT2D eigenvalue weighted by Gasteiger charge is 2.32. The SMILES string of the molecule is Fc1ccc(/[C]=N\OCc2ccccc2OC(F)(F)F)cc1. The zero-order valence-corrected chi connectivity index (χ0v) is 11.1. The van der Waals surface area contributed by atoms with Crippen molar-refractivity contribution < 1.29 is 27.1 Å². The Balaban J connectivity index is 1.95. The lowest BCUT2D eigenvalue weighted by atomic mass is 10.2. The summed E-state index contributed by atoms with van der Waals surface area (Å²) < 4.78 is 53.3. The molecule has 2 aromatic rings. The second-order valence-electron chi connectivity index (χ2n) is 4.14. The van der Waals surface area contributed by atoms with E-state index in [2.05, 4.69) is 16.1 Å². The molecule has 0 amide bonds. The van der Waals surface area contributed by atoms with E-state index in [0.29, 0.717) is 5.56 Å². The van der Waals surface area contributed by atoms with Crippen molar-refractivity contribution in [1.29, 1.82) is 0 Å². The molecule has 115 valence electrons. The van der Waals surface area contributed by atoms with Crippen LogP contribution < -0.4 is 4.74 Å². The van der Waals surface area contributed by atoms with Gasteiger partial charge < -0.3 is 9.57 Å². The molecule has 0 N–H and O–H groups in total. The molecule has 0 aliphatic rings. The number of alkyl halides is 3. The molecule has 0 atom stereocenters. The average Bonchev–Trinajstić information content (AvgIpc) is 2.45. The highest BCUT2D eigenvalue weighted by Crippen LogP contribution is 2.26. The lowest BCUT2D eigenvalue weighted by Crippen LogP contribution is -2.18. The van der Waals surface area contributed by atoms with Gasteiger partial charge in [-0.15, -0.1) is 13.2 Å². The summed E-state index contributed by atoms with van der Waals surface area (Å²) in [5, 5.41) is 3.49. The van der Waals surface area contributed by atoms with Crippen molar-refractivity contribution in [3.05, 3.63) is 65.5 Å². The number of rotatable bonds is 5. The van der Waals surface area contributed by atoms with Crippen LogP contribution >= 0.6 is 0 Å². The zero-order chi connectivity index (χ0) is 16.0. The van der Waals surface area contributed by atoms with E-state index in [4.69, 9.17) is 4.84 Å². The van der Waals surface area contributed by atoms with Gasteiger partial charge in [0.1, 0.15) is 24.4 Å². The Labute approximate surface area is 123 Å². The first kappa shape index (κ1) is 15.8. The van der Waals surface area contributed by atoms with Gasteiger partial charge in [-0.1, -0.05) is 23.4 Å². The molecule has 0 saturated heterocycles. The van der Waals surface area contributed by atoms with Gasteiger partial charge in [0.25, 0.3) is 0 Å². The van der Waals surface area contributed by atoms with Crippen LogP contribution in [0.4, 0.5) is 17.6 Å². The van der Waals surface area contributed by atoms with Gasteiger partial charge in [-0.25, -0.2) is 4.39 Å². The molecule has 3 nitrogen and oxygen atoms in total. The molecule has 0 saturated carbocycles. The van der Waals surface area contributed by atoms with Gasteiger partial charge in [0, 0.05) is 11.1 Å². The second kappa shape index (κ2) is 6.93. The van der Waals surface area contributed by atoms with Gasteiger partial charge in [0.2, 0.25) is 0 Å². The summed E-state index contributed by atoms with van der Waals surface area (Å²) in [5.74, 6) is -0.753. The van der Waals surface area contributed by atoms with Crippen molar-refractivity contribution in [3.63, 3.8) is 0 Å². The van der Waals surface area contributed by atoms with Crippen molar-refractivity contribution in [2.45, 2.75) is 13.0 Å². The Bertz CT molecular complexity index is 639. The van der Waals surface area contributed by atoms with Crippen LogP contribution in [0.15, 0.2) is 53.7 Å². The van der Waals surface area contributed by atoms with Crippen LogP contribution in [0.25, 0.3) is 0 Å². The van der Waals surface area contributed by atoms with Crippen LogP contribution in [0.2, 0.25) is 0 Å². The Morgan fingerprint density at radius 3 is 2.36 bits per heavy atom. The number of ether oxygens (including phenoxy) is 1. The van der Waals surface area contributed by atoms with Gasteiger partial charge in [0.15, 0.2) is 0 Å². The molecule has 0 bridgehead atoms. The fraction of sp³-hybridized carbons (Fsp3) is 0.133. The number of benzene rings is 2. The van der Waals surface area contributed by atoms with E-state index in [0.717, 1.165) is 0 Å². The van der Waals surface area contributed by atoms with Crippen molar-refractivity contribution >= 4 is 6.21 Å². The van der Waals surface area contributed by atoms with E-state index in [1.54, 1.807) is 6.07 Å². The highest BCUT2D eigenvalue weighted by molar-refractivity contribution is 5.78. The van der Waals surface area contributed by atoms with E-state index in [-0.39, 0.29) is 17.9 Å². The minimum absolute atomic E-state index is 0.185. The van der Waals surface area contributed by atoms with Crippen molar-refractivity contribution in [3.8, 4) is 5.75 Å². The molecule has 0 heterocycles. The largest absolute Gasteiger partial charge is 0.573 e. The molecular formula is C15H10F4NO2. The summed E-state index contributed by atoms with van der Waals surface area (Å²) in [6.45, 7) is -0.222. The summed E-state index contributed by atoms with van der Waals surface area (Å²) in [5.41, 5.74) is 0.658. The fourth-order valence-electron chi connectivity index (χ4n) is 1.56. The molecule has 0 fully saturated rings. The minimum Gasteiger partial charge on any atom is -0.405 e. The number of hydrogen-bond acceptors (Lipinski definition) is 3. The molecule has 2 aromatic carbocycles. The molecular weight excluding hydrogens is 302 g/mol. The highest BCUT2D eigenvalue weighted by atomic mass is 19.4. The maximum atomic E-state index is 12.7. The van der Waals surface area contributed by atoms with Crippen LogP contribution in [-0.4, -0.2) is 12.6 Å². The fourth-order valence-corrected chi connectivity index (χ4v) is 1.56. The molecule has 0 aromatic heterocycles. The van der Waals surface area contributed by atoms with Crippen LogP contribution in [0.1, 0.15) is 11.1 Å². The van der Waals surface area contributed by atoms with Crippen molar-refractivity contribution in [2.24, 2.45) is 5.16 Å². The summed E-state index contributed by atoms with van der Waals surface area (Å²) in [7, 11) is 0. The zero-order valence-electron chi connectivity index (χ0n) is 11.1. The Kier molecular flexibility index (Phi) is 4.98. The monoisotopic (exact) mass is 312 g/mol. The van der Waals surface area contributed by atoms with Crippen molar-refractivity contribution in [2.75, 3.05) is 0 Å². The smallest absolute Gasteiger partial charge is 0.405 e. The number of para-hydroxylation sites is 1. The van der Waals surface area contributed by atoms with E-state index in [1.807, 2.05) is 0 Å². The Morgan fingerprint density at radius 2 is 1.68 bits per heavy atom. The molecule has 22 heavy (non-hydrogen) atoms. The van der Waals surface area contributed by atoms with Crippen molar-refractivity contribution in [1.82, 2.24) is 0 Å². The van der Waals surface area contributed by atoms with Gasteiger partial charge in [-0.2, -0.15) is 0 Å². The molecule has 0 unspecified atom stereocenters. The second-order valence-corrected chi connectivity index (χ2v) is 4.14. The van der Waals surface area contributed by atoms with Crippen LogP contribution in [-0.2, 0) is 11.4 Å². The van der Waals surface area contributed by atoms with Gasteiger partial charge in [-0.05, 0) is 30.3 Å². The minimum atomic E-state index is -4.78. The first-order chi connectivity index (χ1) is 10.4. The normalized spacial score (nSPS) is 11.6. The number of nitrogens with zero attached hydrogens (tertiary/aromatic N) is 1. The topological polar surface area (TPSA) is 30.8 Å². The third kappa shape index (κ3) is 5.08. The van der Waals surface area contributed by atoms with Crippen LogP contribution in [0.5, 0.6) is 5.75 Å². The first-order valence-corrected chi connectivity index (χ1v) is 6.11. The van der Waals surface area contributed by atoms with Gasteiger partial charge >= 0.3 is 6.36 Å². The molecule has 7 heteroatoms. The third-order valence-electron chi connectivity index (χ3n) is 2.50. The molecule has 1 radical (unpaired) electrons. The van der Waals surface area contributed by atoms with E-state index < -0.39 is 12.2 Å². The maximum Gasteiger partial charge on any atom is 0.573 e. The van der Waals surface area contributed by atoms with Crippen LogP contribution in [0.3, 0.4) is 0 Å². The maximum absolute atomic E-state index is 12.7. The summed E-state index contributed by atoms with van der Waals surface area (Å²) >= 11 is 0. The van der Waals surface area contributed by atoms with Crippen LogP contribution in [0, 0.1) is 5.82 Å². The summed E-state index contributed by atoms with van der Waals surface area (Å²) in [4.78, 5) is 4.88. The molecule has 2 rings (SSSR count). The lowest BCUT2D eigenvalue weighted by Gasteiger charge is -2.12. The predicted octanol–water partition coefficient (Wildman–Crippen LogP) is 4.15. The summed E-state index contributed by atoms with van der Waals surface area (Å²) in [6.07, 6.45) is -2.30.